The number of hydrogen-bond donors (Lipinski definition) is 2. The first kappa shape index (κ1) is 15.5. The van der Waals surface area contributed by atoms with E-state index in [0.717, 1.165) is 24.0 Å². The Kier molecular flexibility index (Phi) is 4.65. The summed E-state index contributed by atoms with van der Waals surface area (Å²) >= 11 is 0. The zero-order chi connectivity index (χ0) is 14.1. The van der Waals surface area contributed by atoms with Crippen molar-refractivity contribution in [2.24, 2.45) is 13.0 Å². The minimum absolute atomic E-state index is 0. The van der Waals surface area contributed by atoms with Gasteiger partial charge >= 0.3 is 0 Å². The topological polar surface area (TPSA) is 63.1 Å². The molecule has 1 fully saturated rings. The summed E-state index contributed by atoms with van der Waals surface area (Å²) in [6.45, 7) is 2.53. The van der Waals surface area contributed by atoms with E-state index in [1.165, 1.54) is 6.07 Å². The van der Waals surface area contributed by atoms with E-state index in [1.807, 2.05) is 24.3 Å². The van der Waals surface area contributed by atoms with E-state index in [4.69, 9.17) is 0 Å². The molecular weight excluding hydrogens is 290 g/mol. The summed E-state index contributed by atoms with van der Waals surface area (Å²) in [6, 6.07) is 8.87. The molecule has 1 aromatic carbocycles. The number of halogens is 1. The fourth-order valence-electron chi connectivity index (χ4n) is 2.42. The molecule has 1 aromatic heterocycles. The molecule has 1 aliphatic heterocycles. The van der Waals surface area contributed by atoms with E-state index < -0.39 is 0 Å². The lowest BCUT2D eigenvalue weighted by Gasteiger charge is -2.27. The lowest BCUT2D eigenvalue weighted by atomic mass is 10.0. The van der Waals surface area contributed by atoms with Crippen LogP contribution in [-0.2, 0) is 7.05 Å². The molecule has 1 aliphatic rings. The van der Waals surface area contributed by atoms with Gasteiger partial charge in [0.25, 0.3) is 11.5 Å². The van der Waals surface area contributed by atoms with Crippen molar-refractivity contribution in [3.8, 4) is 0 Å². The van der Waals surface area contributed by atoms with E-state index in [2.05, 4.69) is 10.6 Å². The van der Waals surface area contributed by atoms with Gasteiger partial charge in [-0.3, -0.25) is 9.59 Å². The molecule has 21 heavy (non-hydrogen) atoms. The molecule has 2 N–H and O–H groups in total. The maximum atomic E-state index is 12.3. The van der Waals surface area contributed by atoms with E-state index in [9.17, 15) is 9.59 Å². The molecule has 0 atom stereocenters. The molecule has 5 nitrogen and oxygen atoms in total. The molecule has 0 bridgehead atoms. The normalized spacial score (nSPS) is 14.3. The standard InChI is InChI=1S/C15H17N3O2.ClH/c1-18-13-5-3-2-4-11(13)12(6-14(18)19)15(20)17-9-10-7-16-8-10;/h2-6,10,16H,7-9H2,1H3,(H,17,20);1H. The van der Waals surface area contributed by atoms with Crippen LogP contribution in [-0.4, -0.2) is 30.1 Å². The van der Waals surface area contributed by atoms with Crippen molar-refractivity contribution in [3.05, 3.63) is 46.2 Å². The molecule has 1 saturated heterocycles. The highest BCUT2D eigenvalue weighted by molar-refractivity contribution is 6.06. The van der Waals surface area contributed by atoms with Crippen LogP contribution >= 0.6 is 12.4 Å². The van der Waals surface area contributed by atoms with Crippen molar-refractivity contribution in [1.29, 1.82) is 0 Å². The minimum Gasteiger partial charge on any atom is -0.352 e. The molecule has 1 amide bonds. The molecule has 0 aliphatic carbocycles. The lowest BCUT2D eigenvalue weighted by molar-refractivity contribution is 0.0943. The van der Waals surface area contributed by atoms with Gasteiger partial charge in [0.15, 0.2) is 0 Å². The smallest absolute Gasteiger partial charge is 0.252 e. The third kappa shape index (κ3) is 2.94. The summed E-state index contributed by atoms with van der Waals surface area (Å²) in [5, 5.41) is 6.88. The number of amides is 1. The molecule has 0 saturated carbocycles. The summed E-state index contributed by atoms with van der Waals surface area (Å²) in [7, 11) is 1.71. The van der Waals surface area contributed by atoms with Crippen LogP contribution in [0, 0.1) is 5.92 Å². The Morgan fingerprint density at radius 3 is 2.76 bits per heavy atom. The van der Waals surface area contributed by atoms with Crippen LogP contribution < -0.4 is 16.2 Å². The first-order chi connectivity index (χ1) is 9.66. The number of carbonyl (C=O) groups is 1. The Bertz CT molecular complexity index is 722. The van der Waals surface area contributed by atoms with Gasteiger partial charge in [-0.25, -0.2) is 0 Å². The number of carbonyl (C=O) groups excluding carboxylic acids is 1. The molecule has 3 rings (SSSR count). The number of para-hydroxylation sites is 1. The van der Waals surface area contributed by atoms with Gasteiger partial charge in [-0.05, 0) is 6.07 Å². The Labute approximate surface area is 128 Å². The van der Waals surface area contributed by atoms with Crippen molar-refractivity contribution in [1.82, 2.24) is 15.2 Å². The van der Waals surface area contributed by atoms with E-state index in [0.29, 0.717) is 18.0 Å². The van der Waals surface area contributed by atoms with Crippen molar-refractivity contribution in [3.63, 3.8) is 0 Å². The second-order valence-electron chi connectivity index (χ2n) is 5.21. The molecule has 0 spiro atoms. The summed E-state index contributed by atoms with van der Waals surface area (Å²) in [5.74, 6) is 0.322. The van der Waals surface area contributed by atoms with Crippen LogP contribution in [0.4, 0.5) is 0 Å². The van der Waals surface area contributed by atoms with Gasteiger partial charge in [0.05, 0.1) is 11.1 Å². The lowest BCUT2D eigenvalue weighted by Crippen LogP contribution is -2.48. The van der Waals surface area contributed by atoms with Gasteiger partial charge < -0.3 is 15.2 Å². The summed E-state index contributed by atoms with van der Waals surface area (Å²) in [6.07, 6.45) is 0. The average Bonchev–Trinajstić information content (AvgIpc) is 2.41. The van der Waals surface area contributed by atoms with Gasteiger partial charge in [-0.2, -0.15) is 0 Å². The third-order valence-corrected chi connectivity index (χ3v) is 3.82. The number of hydrogen-bond acceptors (Lipinski definition) is 3. The van der Waals surface area contributed by atoms with E-state index in [-0.39, 0.29) is 23.9 Å². The fraction of sp³-hybridized carbons (Fsp3) is 0.333. The Hall–Kier alpha value is -1.85. The molecule has 0 radical (unpaired) electrons. The summed E-state index contributed by atoms with van der Waals surface area (Å²) < 4.78 is 1.56. The zero-order valence-corrected chi connectivity index (χ0v) is 12.6. The Balaban J connectivity index is 0.00000161. The maximum Gasteiger partial charge on any atom is 0.252 e. The highest BCUT2D eigenvalue weighted by atomic mass is 35.5. The number of nitrogens with one attached hydrogen (secondary N) is 2. The second kappa shape index (κ2) is 6.28. The van der Waals surface area contributed by atoms with E-state index >= 15 is 0 Å². The Morgan fingerprint density at radius 1 is 1.38 bits per heavy atom. The van der Waals surface area contributed by atoms with Crippen LogP contribution in [0.2, 0.25) is 0 Å². The number of fused-ring (bicyclic) bond motifs is 1. The first-order valence-electron chi connectivity index (χ1n) is 6.74. The Morgan fingerprint density at radius 2 is 2.10 bits per heavy atom. The summed E-state index contributed by atoms with van der Waals surface area (Å²) in [4.78, 5) is 24.2. The van der Waals surface area contributed by atoms with E-state index in [1.54, 1.807) is 11.6 Å². The van der Waals surface area contributed by atoms with Crippen molar-refractivity contribution >= 4 is 29.2 Å². The summed E-state index contributed by atoms with van der Waals surface area (Å²) in [5.41, 5.74) is 1.06. The monoisotopic (exact) mass is 307 g/mol. The van der Waals surface area contributed by atoms with Gasteiger partial charge in [0.1, 0.15) is 0 Å². The second-order valence-corrected chi connectivity index (χ2v) is 5.21. The molecule has 0 unspecified atom stereocenters. The molecule has 112 valence electrons. The molecule has 2 heterocycles. The van der Waals surface area contributed by atoms with Crippen LogP contribution in [0.3, 0.4) is 0 Å². The molecule has 2 aromatic rings. The number of nitrogens with zero attached hydrogens (tertiary/aromatic N) is 1. The first-order valence-corrected chi connectivity index (χ1v) is 6.74. The van der Waals surface area contributed by atoms with Crippen LogP contribution in [0.1, 0.15) is 10.4 Å². The SMILES string of the molecule is Cl.Cn1c(=O)cc(C(=O)NCC2CNC2)c2ccccc21. The number of rotatable bonds is 3. The van der Waals surface area contributed by atoms with Crippen molar-refractivity contribution in [2.45, 2.75) is 0 Å². The zero-order valence-electron chi connectivity index (χ0n) is 11.8. The predicted molar refractivity (Wildman–Crippen MR) is 85.1 cm³/mol. The average molecular weight is 308 g/mol. The fourth-order valence-corrected chi connectivity index (χ4v) is 2.42. The van der Waals surface area contributed by atoms with Crippen molar-refractivity contribution < 1.29 is 4.79 Å². The van der Waals surface area contributed by atoms with Crippen molar-refractivity contribution in [2.75, 3.05) is 19.6 Å². The minimum atomic E-state index is -0.175. The van der Waals surface area contributed by atoms with Gasteiger partial charge in [0.2, 0.25) is 0 Å². The highest BCUT2D eigenvalue weighted by Gasteiger charge is 2.19. The largest absolute Gasteiger partial charge is 0.352 e. The van der Waals surface area contributed by atoms with Crippen LogP contribution in [0.5, 0.6) is 0 Å². The molecular formula is C15H18ClN3O2. The van der Waals surface area contributed by atoms with Crippen LogP contribution in [0.15, 0.2) is 35.1 Å². The third-order valence-electron chi connectivity index (χ3n) is 3.82. The van der Waals surface area contributed by atoms with Gasteiger partial charge in [-0.1, -0.05) is 18.2 Å². The van der Waals surface area contributed by atoms with Gasteiger partial charge in [0, 0.05) is 44.1 Å². The maximum absolute atomic E-state index is 12.3. The quantitative estimate of drug-likeness (QED) is 0.886. The number of aromatic nitrogens is 1. The van der Waals surface area contributed by atoms with Crippen LogP contribution in [0.25, 0.3) is 10.9 Å². The number of pyridine rings is 1. The number of benzene rings is 1. The number of aryl methyl sites for hydroxylation is 1. The highest BCUT2D eigenvalue weighted by Crippen LogP contribution is 2.16. The van der Waals surface area contributed by atoms with Gasteiger partial charge in [-0.15, -0.1) is 12.4 Å². The molecule has 6 heteroatoms. The predicted octanol–water partition coefficient (Wildman–Crippen LogP) is 0.909.